The van der Waals surface area contributed by atoms with Gasteiger partial charge in [-0.25, -0.2) is 4.39 Å². The van der Waals surface area contributed by atoms with Crippen LogP contribution in [-0.4, -0.2) is 11.9 Å². The Kier molecular flexibility index (Phi) is 2.42. The lowest BCUT2D eigenvalue weighted by atomic mass is 10.2. The highest BCUT2D eigenvalue weighted by molar-refractivity contribution is 6.31. The Balaban J connectivity index is 2.14. The minimum absolute atomic E-state index is 0.0200. The summed E-state index contributed by atoms with van der Waals surface area (Å²) in [5, 5.41) is 2.78. The van der Waals surface area contributed by atoms with Gasteiger partial charge >= 0.3 is 0 Å². The molecule has 0 radical (unpaired) electrons. The van der Waals surface area contributed by atoms with Gasteiger partial charge in [-0.15, -0.1) is 0 Å². The first-order chi connectivity index (χ1) is 6.66. The van der Waals surface area contributed by atoms with Crippen molar-refractivity contribution in [1.82, 2.24) is 5.32 Å². The van der Waals surface area contributed by atoms with Crippen molar-refractivity contribution in [2.24, 2.45) is 0 Å². The minimum atomic E-state index is -0.505. The van der Waals surface area contributed by atoms with E-state index in [1.165, 1.54) is 18.2 Å². The molecule has 0 bridgehead atoms. The predicted molar refractivity (Wildman–Crippen MR) is 51.9 cm³/mol. The summed E-state index contributed by atoms with van der Waals surface area (Å²) in [6.45, 7) is 0. The summed E-state index contributed by atoms with van der Waals surface area (Å²) in [6.07, 6.45) is 2.06. The summed E-state index contributed by atoms with van der Waals surface area (Å²) in [4.78, 5) is 11.5. The number of carbonyl (C=O) groups is 1. The number of carbonyl (C=O) groups excluding carboxylic acids is 1. The van der Waals surface area contributed by atoms with Gasteiger partial charge < -0.3 is 5.32 Å². The molecule has 0 spiro atoms. The van der Waals surface area contributed by atoms with Gasteiger partial charge in [-0.1, -0.05) is 11.6 Å². The van der Waals surface area contributed by atoms with Crippen LogP contribution in [0.3, 0.4) is 0 Å². The lowest BCUT2D eigenvalue weighted by Gasteiger charge is -2.03. The molecule has 74 valence electrons. The Labute approximate surface area is 86.1 Å². The van der Waals surface area contributed by atoms with Crippen LogP contribution in [0.1, 0.15) is 23.2 Å². The van der Waals surface area contributed by atoms with E-state index in [4.69, 9.17) is 11.6 Å². The molecule has 0 aromatic heterocycles. The second kappa shape index (κ2) is 3.58. The highest BCUT2D eigenvalue weighted by Crippen LogP contribution is 2.20. The van der Waals surface area contributed by atoms with Crippen molar-refractivity contribution in [1.29, 1.82) is 0 Å². The molecule has 1 aliphatic rings. The summed E-state index contributed by atoms with van der Waals surface area (Å²) in [6, 6.07) is 4.27. The van der Waals surface area contributed by atoms with Crippen molar-refractivity contribution in [3.63, 3.8) is 0 Å². The third-order valence-electron chi connectivity index (χ3n) is 2.09. The van der Waals surface area contributed by atoms with Gasteiger partial charge in [-0.3, -0.25) is 4.79 Å². The van der Waals surface area contributed by atoms with Crippen LogP contribution < -0.4 is 5.32 Å². The minimum Gasteiger partial charge on any atom is -0.349 e. The standard InChI is InChI=1S/C10H9ClFNO/c11-8-5-6(1-4-9(8)12)10(14)13-7-2-3-7/h1,4-5,7H,2-3H2,(H,13,14). The Bertz CT molecular complexity index is 376. The molecule has 1 aliphatic carbocycles. The molecule has 0 unspecified atom stereocenters. The van der Waals surface area contributed by atoms with Gasteiger partial charge in [-0.2, -0.15) is 0 Å². The smallest absolute Gasteiger partial charge is 0.251 e. The zero-order chi connectivity index (χ0) is 10.1. The fraction of sp³-hybridized carbons (Fsp3) is 0.300. The maximum Gasteiger partial charge on any atom is 0.251 e. The molecule has 14 heavy (non-hydrogen) atoms. The lowest BCUT2D eigenvalue weighted by molar-refractivity contribution is 0.0951. The van der Waals surface area contributed by atoms with Gasteiger partial charge in [0.15, 0.2) is 0 Å². The van der Waals surface area contributed by atoms with Crippen molar-refractivity contribution in [2.45, 2.75) is 18.9 Å². The normalized spacial score (nSPS) is 15.3. The van der Waals surface area contributed by atoms with Crippen LogP contribution in [0.5, 0.6) is 0 Å². The van der Waals surface area contributed by atoms with E-state index >= 15 is 0 Å². The molecule has 1 aromatic carbocycles. The van der Waals surface area contributed by atoms with Crippen molar-refractivity contribution in [3.05, 3.63) is 34.6 Å². The molecule has 1 saturated carbocycles. The molecular weight excluding hydrogens is 205 g/mol. The molecule has 2 rings (SSSR count). The molecule has 4 heteroatoms. The molecular formula is C10H9ClFNO. The van der Waals surface area contributed by atoms with E-state index in [0.29, 0.717) is 11.6 Å². The van der Waals surface area contributed by atoms with Crippen LogP contribution in [0.25, 0.3) is 0 Å². The van der Waals surface area contributed by atoms with Gasteiger partial charge in [-0.05, 0) is 31.0 Å². The van der Waals surface area contributed by atoms with E-state index in [9.17, 15) is 9.18 Å². The van der Waals surface area contributed by atoms with E-state index < -0.39 is 5.82 Å². The largest absolute Gasteiger partial charge is 0.349 e. The maximum atomic E-state index is 12.8. The number of rotatable bonds is 2. The molecule has 0 atom stereocenters. The van der Waals surface area contributed by atoms with Crippen molar-refractivity contribution in [2.75, 3.05) is 0 Å². The fourth-order valence-corrected chi connectivity index (χ4v) is 1.31. The second-order valence-corrected chi connectivity index (χ2v) is 3.78. The number of hydrogen-bond acceptors (Lipinski definition) is 1. The first kappa shape index (κ1) is 9.46. The zero-order valence-electron chi connectivity index (χ0n) is 7.39. The number of amides is 1. The second-order valence-electron chi connectivity index (χ2n) is 3.38. The predicted octanol–water partition coefficient (Wildman–Crippen LogP) is 2.37. The van der Waals surface area contributed by atoms with E-state index in [0.717, 1.165) is 12.8 Å². The SMILES string of the molecule is O=C(NC1CC1)c1ccc(F)c(Cl)c1. The first-order valence-corrected chi connectivity index (χ1v) is 4.80. The topological polar surface area (TPSA) is 29.1 Å². The van der Waals surface area contributed by atoms with Crippen LogP contribution >= 0.6 is 11.6 Å². The van der Waals surface area contributed by atoms with Gasteiger partial charge in [0.25, 0.3) is 5.91 Å². The van der Waals surface area contributed by atoms with Crippen LogP contribution in [0.2, 0.25) is 5.02 Å². The van der Waals surface area contributed by atoms with Crippen LogP contribution in [0.15, 0.2) is 18.2 Å². The van der Waals surface area contributed by atoms with Crippen LogP contribution in [0, 0.1) is 5.82 Å². The Morgan fingerprint density at radius 2 is 2.21 bits per heavy atom. The number of benzene rings is 1. The van der Waals surface area contributed by atoms with Gasteiger partial charge in [0.05, 0.1) is 5.02 Å². The van der Waals surface area contributed by atoms with E-state index in [2.05, 4.69) is 5.32 Å². The maximum absolute atomic E-state index is 12.8. The summed E-state index contributed by atoms with van der Waals surface area (Å²) in [7, 11) is 0. The highest BCUT2D eigenvalue weighted by Gasteiger charge is 2.23. The quantitative estimate of drug-likeness (QED) is 0.803. The van der Waals surface area contributed by atoms with Gasteiger partial charge in [0, 0.05) is 11.6 Å². The van der Waals surface area contributed by atoms with Crippen LogP contribution in [0.4, 0.5) is 4.39 Å². The molecule has 1 N–H and O–H groups in total. The molecule has 2 nitrogen and oxygen atoms in total. The average molecular weight is 214 g/mol. The summed E-state index contributed by atoms with van der Waals surface area (Å²) in [5.41, 5.74) is 0.406. The van der Waals surface area contributed by atoms with Crippen molar-refractivity contribution < 1.29 is 9.18 Å². The fourth-order valence-electron chi connectivity index (χ4n) is 1.13. The first-order valence-electron chi connectivity index (χ1n) is 4.43. The number of halogens is 2. The number of nitrogens with one attached hydrogen (secondary N) is 1. The summed E-state index contributed by atoms with van der Waals surface area (Å²) < 4.78 is 12.8. The highest BCUT2D eigenvalue weighted by atomic mass is 35.5. The van der Waals surface area contributed by atoms with Gasteiger partial charge in [0.2, 0.25) is 0 Å². The molecule has 0 aliphatic heterocycles. The Hall–Kier alpha value is -1.09. The van der Waals surface area contributed by atoms with E-state index in [-0.39, 0.29) is 10.9 Å². The van der Waals surface area contributed by atoms with E-state index in [1.54, 1.807) is 0 Å². The van der Waals surface area contributed by atoms with Crippen molar-refractivity contribution >= 4 is 17.5 Å². The van der Waals surface area contributed by atoms with Crippen LogP contribution in [-0.2, 0) is 0 Å². The third-order valence-corrected chi connectivity index (χ3v) is 2.38. The number of hydrogen-bond donors (Lipinski definition) is 1. The molecule has 0 heterocycles. The molecule has 1 fully saturated rings. The Morgan fingerprint density at radius 1 is 1.50 bits per heavy atom. The molecule has 1 amide bonds. The zero-order valence-corrected chi connectivity index (χ0v) is 8.14. The summed E-state index contributed by atoms with van der Waals surface area (Å²) >= 11 is 5.56. The lowest BCUT2D eigenvalue weighted by Crippen LogP contribution is -2.25. The van der Waals surface area contributed by atoms with E-state index in [1.807, 2.05) is 0 Å². The summed E-state index contributed by atoms with van der Waals surface area (Å²) in [5.74, 6) is -0.691. The van der Waals surface area contributed by atoms with Crippen molar-refractivity contribution in [3.8, 4) is 0 Å². The Morgan fingerprint density at radius 3 is 2.79 bits per heavy atom. The monoisotopic (exact) mass is 213 g/mol. The van der Waals surface area contributed by atoms with Gasteiger partial charge in [0.1, 0.15) is 5.82 Å². The molecule has 1 aromatic rings. The average Bonchev–Trinajstić information content (AvgIpc) is 2.93. The third kappa shape index (κ3) is 2.04. The molecule has 0 saturated heterocycles.